The summed E-state index contributed by atoms with van der Waals surface area (Å²) in [6.07, 6.45) is 7.14. The first kappa shape index (κ1) is 14.2. The molecule has 0 bridgehead atoms. The van der Waals surface area contributed by atoms with Crippen molar-refractivity contribution in [2.24, 2.45) is 5.92 Å². The van der Waals surface area contributed by atoms with Crippen molar-refractivity contribution < 1.29 is 9.59 Å². The minimum absolute atomic E-state index is 0.146. The summed E-state index contributed by atoms with van der Waals surface area (Å²) in [5, 5.41) is 5.52. The van der Waals surface area contributed by atoms with Gasteiger partial charge in [0.15, 0.2) is 0 Å². The molecule has 0 spiro atoms. The van der Waals surface area contributed by atoms with E-state index in [1.807, 2.05) is 0 Å². The average molecular weight is 299 g/mol. The number of amides is 2. The Morgan fingerprint density at radius 3 is 2.77 bits per heavy atom. The van der Waals surface area contributed by atoms with Gasteiger partial charge < -0.3 is 10.6 Å². The number of hydrogen-bond donors (Lipinski definition) is 2. The third kappa shape index (κ3) is 3.49. The van der Waals surface area contributed by atoms with Crippen molar-refractivity contribution >= 4 is 17.5 Å². The van der Waals surface area contributed by atoms with Crippen molar-refractivity contribution in [3.05, 3.63) is 36.5 Å². The fraction of sp³-hybridized carbons (Fsp3) is 0.333. The summed E-state index contributed by atoms with van der Waals surface area (Å²) in [4.78, 5) is 31.2. The van der Waals surface area contributed by atoms with Crippen LogP contribution in [0.4, 0.5) is 5.69 Å². The molecule has 0 aromatic carbocycles. The molecule has 2 aromatic heterocycles. The Labute approximate surface area is 127 Å². The van der Waals surface area contributed by atoms with Gasteiger partial charge in [0.25, 0.3) is 5.91 Å². The topological polar surface area (TPSA) is 88.9 Å². The number of imidazole rings is 1. The van der Waals surface area contributed by atoms with E-state index < -0.39 is 0 Å². The van der Waals surface area contributed by atoms with Gasteiger partial charge in [-0.25, -0.2) is 9.97 Å². The molecule has 1 aliphatic carbocycles. The number of nitrogens with zero attached hydrogens (tertiary/aromatic N) is 3. The summed E-state index contributed by atoms with van der Waals surface area (Å²) in [6, 6.07) is 3.50. The van der Waals surface area contributed by atoms with Crippen LogP contribution in [0.3, 0.4) is 0 Å². The second kappa shape index (κ2) is 5.97. The highest BCUT2D eigenvalue weighted by molar-refractivity contribution is 5.92. The number of carbonyl (C=O) groups is 2. The Kier molecular flexibility index (Phi) is 3.86. The maximum atomic E-state index is 11.9. The van der Waals surface area contributed by atoms with Gasteiger partial charge in [-0.05, 0) is 30.9 Å². The molecular formula is C15H17N5O2. The summed E-state index contributed by atoms with van der Waals surface area (Å²) in [5.41, 5.74) is 0.993. The SMILES string of the molecule is CC(=O)Nc1ccc(-n2cnc(C(=O)NCC3CC3)c2)nc1. The lowest BCUT2D eigenvalue weighted by atomic mass is 10.3. The molecule has 0 aliphatic heterocycles. The number of pyridine rings is 1. The van der Waals surface area contributed by atoms with Crippen LogP contribution in [0.2, 0.25) is 0 Å². The van der Waals surface area contributed by atoms with E-state index >= 15 is 0 Å². The molecule has 22 heavy (non-hydrogen) atoms. The number of aromatic nitrogens is 3. The Morgan fingerprint density at radius 1 is 1.32 bits per heavy atom. The van der Waals surface area contributed by atoms with E-state index in [0.717, 1.165) is 6.54 Å². The number of hydrogen-bond acceptors (Lipinski definition) is 4. The lowest BCUT2D eigenvalue weighted by Gasteiger charge is -2.04. The van der Waals surface area contributed by atoms with E-state index in [2.05, 4.69) is 20.6 Å². The molecule has 1 saturated carbocycles. The first-order chi connectivity index (χ1) is 10.6. The van der Waals surface area contributed by atoms with Crippen LogP contribution in [-0.4, -0.2) is 32.9 Å². The van der Waals surface area contributed by atoms with Crippen LogP contribution >= 0.6 is 0 Å². The van der Waals surface area contributed by atoms with Gasteiger partial charge in [0.05, 0.1) is 11.9 Å². The van der Waals surface area contributed by atoms with Crippen LogP contribution in [0.5, 0.6) is 0 Å². The van der Waals surface area contributed by atoms with E-state index in [1.54, 1.807) is 35.4 Å². The Bertz CT molecular complexity index is 688. The van der Waals surface area contributed by atoms with Crippen LogP contribution in [0.25, 0.3) is 5.82 Å². The molecule has 2 heterocycles. The lowest BCUT2D eigenvalue weighted by Crippen LogP contribution is -2.25. The number of rotatable bonds is 5. The lowest BCUT2D eigenvalue weighted by molar-refractivity contribution is -0.114. The summed E-state index contributed by atoms with van der Waals surface area (Å²) < 4.78 is 1.67. The molecule has 0 unspecified atom stereocenters. The molecule has 2 aromatic rings. The predicted molar refractivity (Wildman–Crippen MR) is 80.7 cm³/mol. The van der Waals surface area contributed by atoms with E-state index in [4.69, 9.17) is 0 Å². The van der Waals surface area contributed by atoms with Crippen molar-refractivity contribution in [3.8, 4) is 5.82 Å². The minimum Gasteiger partial charge on any atom is -0.350 e. The highest BCUT2D eigenvalue weighted by Crippen LogP contribution is 2.27. The third-order valence-electron chi connectivity index (χ3n) is 3.40. The molecule has 2 N–H and O–H groups in total. The maximum Gasteiger partial charge on any atom is 0.271 e. The standard InChI is InChI=1S/C15H17N5O2/c1-10(21)19-12-4-5-14(16-7-12)20-8-13(18-9-20)15(22)17-6-11-2-3-11/h4-5,7-9,11H,2-3,6H2,1H3,(H,17,22)(H,19,21). The van der Waals surface area contributed by atoms with E-state index in [0.29, 0.717) is 23.1 Å². The molecule has 114 valence electrons. The van der Waals surface area contributed by atoms with E-state index in [-0.39, 0.29) is 11.8 Å². The average Bonchev–Trinajstić information content (AvgIpc) is 3.19. The Morgan fingerprint density at radius 2 is 2.14 bits per heavy atom. The second-order valence-corrected chi connectivity index (χ2v) is 5.41. The molecule has 0 radical (unpaired) electrons. The molecule has 2 amide bonds. The number of carbonyl (C=O) groups excluding carboxylic acids is 2. The molecule has 1 fully saturated rings. The fourth-order valence-corrected chi connectivity index (χ4v) is 2.03. The van der Waals surface area contributed by atoms with E-state index in [1.165, 1.54) is 19.8 Å². The van der Waals surface area contributed by atoms with Crippen molar-refractivity contribution in [1.29, 1.82) is 0 Å². The highest BCUT2D eigenvalue weighted by Gasteiger charge is 2.22. The van der Waals surface area contributed by atoms with Crippen molar-refractivity contribution in [2.45, 2.75) is 19.8 Å². The highest BCUT2D eigenvalue weighted by atomic mass is 16.2. The molecule has 7 nitrogen and oxygen atoms in total. The predicted octanol–water partition coefficient (Wildman–Crippen LogP) is 1.37. The Balaban J connectivity index is 1.66. The fourth-order valence-electron chi connectivity index (χ4n) is 2.03. The molecule has 1 aliphatic rings. The van der Waals surface area contributed by atoms with Crippen molar-refractivity contribution in [2.75, 3.05) is 11.9 Å². The summed E-state index contributed by atoms with van der Waals surface area (Å²) >= 11 is 0. The number of anilines is 1. The van der Waals surface area contributed by atoms with Gasteiger partial charge in [0.1, 0.15) is 17.8 Å². The van der Waals surface area contributed by atoms with Crippen LogP contribution < -0.4 is 10.6 Å². The van der Waals surface area contributed by atoms with Gasteiger partial charge in [-0.15, -0.1) is 0 Å². The zero-order valence-electron chi connectivity index (χ0n) is 12.2. The van der Waals surface area contributed by atoms with Gasteiger partial charge in [0, 0.05) is 19.7 Å². The zero-order valence-corrected chi connectivity index (χ0v) is 12.2. The maximum absolute atomic E-state index is 11.9. The van der Waals surface area contributed by atoms with Crippen LogP contribution in [0, 0.1) is 5.92 Å². The monoisotopic (exact) mass is 299 g/mol. The zero-order chi connectivity index (χ0) is 15.5. The van der Waals surface area contributed by atoms with Gasteiger partial charge >= 0.3 is 0 Å². The van der Waals surface area contributed by atoms with Gasteiger partial charge in [0.2, 0.25) is 5.91 Å². The van der Waals surface area contributed by atoms with Gasteiger partial charge in [-0.3, -0.25) is 14.2 Å². The van der Waals surface area contributed by atoms with Crippen molar-refractivity contribution in [3.63, 3.8) is 0 Å². The van der Waals surface area contributed by atoms with Gasteiger partial charge in [-0.1, -0.05) is 0 Å². The quantitative estimate of drug-likeness (QED) is 0.872. The molecule has 7 heteroatoms. The van der Waals surface area contributed by atoms with Crippen LogP contribution in [0.1, 0.15) is 30.3 Å². The summed E-state index contributed by atoms with van der Waals surface area (Å²) in [6.45, 7) is 2.16. The normalized spacial score (nSPS) is 13.7. The first-order valence-electron chi connectivity index (χ1n) is 7.18. The Hall–Kier alpha value is -2.70. The molecule has 3 rings (SSSR count). The summed E-state index contributed by atoms with van der Waals surface area (Å²) in [5.74, 6) is 0.948. The largest absolute Gasteiger partial charge is 0.350 e. The molecule has 0 saturated heterocycles. The summed E-state index contributed by atoms with van der Waals surface area (Å²) in [7, 11) is 0. The third-order valence-corrected chi connectivity index (χ3v) is 3.40. The molecule has 0 atom stereocenters. The van der Waals surface area contributed by atoms with E-state index in [9.17, 15) is 9.59 Å². The van der Waals surface area contributed by atoms with Crippen molar-refractivity contribution in [1.82, 2.24) is 19.9 Å². The minimum atomic E-state index is -0.166. The first-order valence-corrected chi connectivity index (χ1v) is 7.18. The second-order valence-electron chi connectivity index (χ2n) is 5.41. The van der Waals surface area contributed by atoms with Gasteiger partial charge in [-0.2, -0.15) is 0 Å². The van der Waals surface area contributed by atoms with Crippen LogP contribution in [0.15, 0.2) is 30.9 Å². The van der Waals surface area contributed by atoms with Crippen LogP contribution in [-0.2, 0) is 4.79 Å². The smallest absolute Gasteiger partial charge is 0.271 e. The number of nitrogens with one attached hydrogen (secondary N) is 2. The molecular weight excluding hydrogens is 282 g/mol.